The van der Waals surface area contributed by atoms with Gasteiger partial charge in [-0.3, -0.25) is 0 Å². The summed E-state index contributed by atoms with van der Waals surface area (Å²) in [5.41, 5.74) is 6.69. The highest BCUT2D eigenvalue weighted by molar-refractivity contribution is 5.89. The van der Waals surface area contributed by atoms with Crippen LogP contribution in [0.4, 0.5) is 11.8 Å². The van der Waals surface area contributed by atoms with Gasteiger partial charge < -0.3 is 16.0 Å². The van der Waals surface area contributed by atoms with Crippen LogP contribution in [-0.2, 0) is 0 Å². The molecule has 2 aromatic rings. The lowest BCUT2D eigenvalue weighted by Crippen LogP contribution is -2.25. The van der Waals surface area contributed by atoms with Crippen LogP contribution >= 0.6 is 0 Å². The molecular weight excluding hydrogens is 274 g/mol. The van der Waals surface area contributed by atoms with Crippen LogP contribution in [0.5, 0.6) is 0 Å². The van der Waals surface area contributed by atoms with E-state index in [1.54, 1.807) is 0 Å². The predicted molar refractivity (Wildman–Crippen MR) is 94.1 cm³/mol. The normalized spacial score (nSPS) is 12.7. The van der Waals surface area contributed by atoms with Crippen molar-refractivity contribution in [2.24, 2.45) is 0 Å². The first-order chi connectivity index (χ1) is 10.6. The topological polar surface area (TPSA) is 67.1 Å². The van der Waals surface area contributed by atoms with Gasteiger partial charge in [0.05, 0.1) is 5.52 Å². The van der Waals surface area contributed by atoms with Gasteiger partial charge in [0.25, 0.3) is 0 Å². The fourth-order valence-electron chi connectivity index (χ4n) is 2.67. The van der Waals surface area contributed by atoms with Gasteiger partial charge in [-0.05, 0) is 51.5 Å². The molecule has 1 unspecified atom stereocenters. The summed E-state index contributed by atoms with van der Waals surface area (Å²) in [6.07, 6.45) is 2.28. The Bertz CT molecular complexity index is 595. The number of nitrogens with zero attached hydrogens (tertiary/aromatic N) is 3. The Labute approximate surface area is 132 Å². The zero-order valence-corrected chi connectivity index (χ0v) is 13.8. The summed E-state index contributed by atoms with van der Waals surface area (Å²) in [6, 6.07) is 8.31. The van der Waals surface area contributed by atoms with E-state index in [4.69, 9.17) is 5.73 Å². The lowest BCUT2D eigenvalue weighted by atomic mass is 10.1. The van der Waals surface area contributed by atoms with Crippen LogP contribution in [0.3, 0.4) is 0 Å². The molecule has 3 N–H and O–H groups in total. The molecule has 1 atom stereocenters. The molecule has 1 aromatic carbocycles. The highest BCUT2D eigenvalue weighted by Gasteiger charge is 2.09. The first kappa shape index (κ1) is 16.5. The maximum Gasteiger partial charge on any atom is 0.222 e. The van der Waals surface area contributed by atoms with Gasteiger partial charge in [-0.15, -0.1) is 0 Å². The number of benzene rings is 1. The van der Waals surface area contributed by atoms with E-state index in [1.807, 2.05) is 24.3 Å². The van der Waals surface area contributed by atoms with E-state index in [0.717, 1.165) is 42.8 Å². The second kappa shape index (κ2) is 7.94. The summed E-state index contributed by atoms with van der Waals surface area (Å²) in [5.74, 6) is 1.15. The van der Waals surface area contributed by atoms with Crippen LogP contribution in [0, 0.1) is 0 Å². The third-order valence-corrected chi connectivity index (χ3v) is 4.01. The minimum Gasteiger partial charge on any atom is -0.368 e. The van der Waals surface area contributed by atoms with E-state index in [0.29, 0.717) is 12.0 Å². The molecule has 0 amide bonds. The summed E-state index contributed by atoms with van der Waals surface area (Å²) >= 11 is 0. The number of nitrogens with one attached hydrogen (secondary N) is 1. The Morgan fingerprint density at radius 3 is 2.64 bits per heavy atom. The molecule has 2 rings (SSSR count). The average molecular weight is 301 g/mol. The number of rotatable bonds is 8. The monoisotopic (exact) mass is 301 g/mol. The molecule has 0 saturated carbocycles. The number of fused-ring (bicyclic) bond motifs is 1. The number of aromatic nitrogens is 2. The standard InChI is InChI=1S/C17H27N5/c1-4-22(5-2)12-8-9-13(3)19-16-14-10-6-7-11-15(14)20-17(18)21-16/h6-7,10-11,13H,4-5,8-9,12H2,1-3H3,(H3,18,19,20,21). The van der Waals surface area contributed by atoms with E-state index in [2.05, 4.69) is 41.0 Å². The van der Waals surface area contributed by atoms with Crippen molar-refractivity contribution >= 4 is 22.7 Å². The first-order valence-corrected chi connectivity index (χ1v) is 8.15. The van der Waals surface area contributed by atoms with Gasteiger partial charge in [0.15, 0.2) is 0 Å². The van der Waals surface area contributed by atoms with E-state index < -0.39 is 0 Å². The third kappa shape index (κ3) is 4.31. The molecule has 0 saturated heterocycles. The summed E-state index contributed by atoms with van der Waals surface area (Å²) < 4.78 is 0. The largest absolute Gasteiger partial charge is 0.368 e. The summed E-state index contributed by atoms with van der Waals surface area (Å²) in [5, 5.41) is 4.51. The molecular formula is C17H27N5. The minimum absolute atomic E-state index is 0.316. The molecule has 0 aliphatic rings. The summed E-state index contributed by atoms with van der Waals surface area (Å²) in [6.45, 7) is 9.99. The number of para-hydroxylation sites is 1. The Morgan fingerprint density at radius 2 is 1.91 bits per heavy atom. The maximum atomic E-state index is 5.81. The van der Waals surface area contributed by atoms with Crippen molar-refractivity contribution in [3.63, 3.8) is 0 Å². The molecule has 5 heteroatoms. The van der Waals surface area contributed by atoms with Crippen molar-refractivity contribution in [2.45, 2.75) is 39.7 Å². The second-order valence-corrected chi connectivity index (χ2v) is 5.66. The van der Waals surface area contributed by atoms with Crippen LogP contribution in [0.25, 0.3) is 10.9 Å². The zero-order valence-electron chi connectivity index (χ0n) is 13.8. The van der Waals surface area contributed by atoms with Crippen LogP contribution in [0.1, 0.15) is 33.6 Å². The van der Waals surface area contributed by atoms with Gasteiger partial charge in [-0.2, -0.15) is 4.98 Å². The van der Waals surface area contributed by atoms with Crippen molar-refractivity contribution in [1.82, 2.24) is 14.9 Å². The molecule has 0 fully saturated rings. The molecule has 0 radical (unpaired) electrons. The Kier molecular flexibility index (Phi) is 5.95. The van der Waals surface area contributed by atoms with Gasteiger partial charge in [0.2, 0.25) is 5.95 Å². The van der Waals surface area contributed by atoms with Crippen molar-refractivity contribution in [3.05, 3.63) is 24.3 Å². The van der Waals surface area contributed by atoms with Crippen molar-refractivity contribution in [3.8, 4) is 0 Å². The lowest BCUT2D eigenvalue weighted by Gasteiger charge is -2.20. The molecule has 0 aliphatic heterocycles. The van der Waals surface area contributed by atoms with Gasteiger partial charge in [-0.25, -0.2) is 4.98 Å². The Hall–Kier alpha value is -1.88. The molecule has 0 spiro atoms. The van der Waals surface area contributed by atoms with E-state index in [-0.39, 0.29) is 0 Å². The Balaban J connectivity index is 1.98. The molecule has 1 aromatic heterocycles. The first-order valence-electron chi connectivity index (χ1n) is 8.15. The number of nitrogens with two attached hydrogens (primary N) is 1. The fraction of sp³-hybridized carbons (Fsp3) is 0.529. The SMILES string of the molecule is CCN(CC)CCCC(C)Nc1nc(N)nc2ccccc12. The van der Waals surface area contributed by atoms with Crippen LogP contribution in [0.2, 0.25) is 0 Å². The lowest BCUT2D eigenvalue weighted by molar-refractivity contribution is 0.295. The summed E-state index contributed by atoms with van der Waals surface area (Å²) in [7, 11) is 0. The van der Waals surface area contributed by atoms with Gasteiger partial charge in [0, 0.05) is 11.4 Å². The summed E-state index contributed by atoms with van der Waals surface area (Å²) in [4.78, 5) is 11.1. The van der Waals surface area contributed by atoms with Gasteiger partial charge in [-0.1, -0.05) is 26.0 Å². The Morgan fingerprint density at radius 1 is 1.18 bits per heavy atom. The van der Waals surface area contributed by atoms with Gasteiger partial charge >= 0.3 is 0 Å². The zero-order chi connectivity index (χ0) is 15.9. The van der Waals surface area contributed by atoms with Crippen molar-refractivity contribution in [1.29, 1.82) is 0 Å². The average Bonchev–Trinajstić information content (AvgIpc) is 2.51. The molecule has 0 aliphatic carbocycles. The fourth-order valence-corrected chi connectivity index (χ4v) is 2.67. The number of anilines is 2. The quantitative estimate of drug-likeness (QED) is 0.784. The van der Waals surface area contributed by atoms with Crippen molar-refractivity contribution in [2.75, 3.05) is 30.7 Å². The molecule has 0 bridgehead atoms. The third-order valence-electron chi connectivity index (χ3n) is 4.01. The molecule has 5 nitrogen and oxygen atoms in total. The van der Waals surface area contributed by atoms with Crippen LogP contribution < -0.4 is 11.1 Å². The van der Waals surface area contributed by atoms with E-state index in [1.165, 1.54) is 6.42 Å². The highest BCUT2D eigenvalue weighted by Crippen LogP contribution is 2.22. The van der Waals surface area contributed by atoms with E-state index in [9.17, 15) is 0 Å². The van der Waals surface area contributed by atoms with E-state index >= 15 is 0 Å². The van der Waals surface area contributed by atoms with Crippen LogP contribution in [0.15, 0.2) is 24.3 Å². The molecule has 120 valence electrons. The number of hydrogen-bond donors (Lipinski definition) is 2. The minimum atomic E-state index is 0.316. The van der Waals surface area contributed by atoms with Gasteiger partial charge in [0.1, 0.15) is 5.82 Å². The molecule has 22 heavy (non-hydrogen) atoms. The number of hydrogen-bond acceptors (Lipinski definition) is 5. The van der Waals surface area contributed by atoms with Crippen LogP contribution in [-0.4, -0.2) is 40.5 Å². The number of nitrogen functional groups attached to an aromatic ring is 1. The smallest absolute Gasteiger partial charge is 0.222 e. The highest BCUT2D eigenvalue weighted by atomic mass is 15.1. The maximum absolute atomic E-state index is 5.81. The molecule has 1 heterocycles. The van der Waals surface area contributed by atoms with Crippen molar-refractivity contribution < 1.29 is 0 Å². The second-order valence-electron chi connectivity index (χ2n) is 5.66. The predicted octanol–water partition coefficient (Wildman–Crippen LogP) is 3.13.